The molecule has 0 saturated carbocycles. The lowest BCUT2D eigenvalue weighted by molar-refractivity contribution is -0.135. The minimum Gasteiger partial charge on any atom is -0.494 e. The molecule has 0 fully saturated rings. The van der Waals surface area contributed by atoms with Gasteiger partial charge in [0.1, 0.15) is 11.8 Å². The van der Waals surface area contributed by atoms with E-state index in [0.717, 1.165) is 11.4 Å². The summed E-state index contributed by atoms with van der Waals surface area (Å²) in [6.07, 6.45) is 1.31. The van der Waals surface area contributed by atoms with E-state index < -0.39 is 5.97 Å². The summed E-state index contributed by atoms with van der Waals surface area (Å²) < 4.78 is 9.75. The monoisotopic (exact) mass is 246 g/mol. The molecule has 5 heteroatoms. The van der Waals surface area contributed by atoms with Crippen molar-refractivity contribution in [2.24, 2.45) is 0 Å². The number of methoxy groups -OCH3 is 1. The van der Waals surface area contributed by atoms with Gasteiger partial charge in [0.15, 0.2) is 5.57 Å². The summed E-state index contributed by atoms with van der Waals surface area (Å²) in [5, 5.41) is 11.6. The summed E-state index contributed by atoms with van der Waals surface area (Å²) in [4.78, 5) is 11.1. The number of nitrogens with zero attached hydrogens (tertiary/aromatic N) is 1. The van der Waals surface area contributed by atoms with Gasteiger partial charge in [0, 0.05) is 11.9 Å². The first kappa shape index (κ1) is 13.6. The molecular weight excluding hydrogens is 232 g/mol. The molecular formula is C13H14N2O3. The van der Waals surface area contributed by atoms with Gasteiger partial charge in [0.25, 0.3) is 0 Å². The normalized spacial score (nSPS) is 10.4. The van der Waals surface area contributed by atoms with Crippen LogP contribution < -0.4 is 10.1 Å². The van der Waals surface area contributed by atoms with Crippen LogP contribution in [0, 0.1) is 11.3 Å². The minimum atomic E-state index is -0.670. The number of rotatable bonds is 5. The summed E-state index contributed by atoms with van der Waals surface area (Å²) >= 11 is 0. The smallest absolute Gasteiger partial charge is 0.350 e. The van der Waals surface area contributed by atoms with Crippen LogP contribution in [0.5, 0.6) is 5.75 Å². The first-order valence-electron chi connectivity index (χ1n) is 5.39. The summed E-state index contributed by atoms with van der Waals surface area (Å²) in [6.45, 7) is 2.51. The van der Waals surface area contributed by atoms with E-state index in [2.05, 4.69) is 10.1 Å². The van der Waals surface area contributed by atoms with Gasteiger partial charge in [0.2, 0.25) is 0 Å². The van der Waals surface area contributed by atoms with Gasteiger partial charge in [-0.3, -0.25) is 0 Å². The fourth-order valence-corrected chi connectivity index (χ4v) is 1.22. The third-order valence-corrected chi connectivity index (χ3v) is 2.07. The Morgan fingerprint density at radius 1 is 1.44 bits per heavy atom. The second-order valence-electron chi connectivity index (χ2n) is 3.26. The van der Waals surface area contributed by atoms with Crippen LogP contribution in [-0.4, -0.2) is 19.7 Å². The molecule has 0 bridgehead atoms. The molecule has 0 aliphatic rings. The van der Waals surface area contributed by atoms with Gasteiger partial charge in [-0.2, -0.15) is 5.26 Å². The van der Waals surface area contributed by atoms with Gasteiger partial charge in [-0.25, -0.2) is 4.79 Å². The number of carbonyl (C=O) groups excluding carboxylic acids is 1. The van der Waals surface area contributed by atoms with Gasteiger partial charge in [0.05, 0.1) is 13.7 Å². The Balaban J connectivity index is 2.70. The Morgan fingerprint density at radius 3 is 2.61 bits per heavy atom. The lowest BCUT2D eigenvalue weighted by Gasteiger charge is -2.05. The Hall–Kier alpha value is -2.48. The summed E-state index contributed by atoms with van der Waals surface area (Å²) in [7, 11) is 1.23. The van der Waals surface area contributed by atoms with Crippen LogP contribution >= 0.6 is 0 Å². The third kappa shape index (κ3) is 3.83. The highest BCUT2D eigenvalue weighted by molar-refractivity contribution is 5.92. The number of ether oxygens (including phenoxy) is 2. The predicted octanol–water partition coefficient (Wildman–Crippen LogP) is 2.08. The number of anilines is 1. The fourth-order valence-electron chi connectivity index (χ4n) is 1.22. The second-order valence-corrected chi connectivity index (χ2v) is 3.26. The maximum absolute atomic E-state index is 11.1. The molecule has 0 spiro atoms. The van der Waals surface area contributed by atoms with E-state index in [-0.39, 0.29) is 5.57 Å². The van der Waals surface area contributed by atoms with Gasteiger partial charge in [-0.05, 0) is 31.2 Å². The highest BCUT2D eigenvalue weighted by Gasteiger charge is 2.07. The summed E-state index contributed by atoms with van der Waals surface area (Å²) in [5.74, 6) is 0.0939. The summed E-state index contributed by atoms with van der Waals surface area (Å²) in [6, 6.07) is 8.92. The van der Waals surface area contributed by atoms with Crippen molar-refractivity contribution >= 4 is 11.7 Å². The zero-order valence-corrected chi connectivity index (χ0v) is 10.3. The van der Waals surface area contributed by atoms with E-state index in [1.807, 2.05) is 6.92 Å². The quantitative estimate of drug-likeness (QED) is 0.489. The molecule has 1 aromatic carbocycles. The molecule has 0 saturated heterocycles. The average molecular weight is 246 g/mol. The highest BCUT2D eigenvalue weighted by atomic mass is 16.5. The van der Waals surface area contributed by atoms with Crippen molar-refractivity contribution in [1.82, 2.24) is 0 Å². The molecule has 0 aliphatic carbocycles. The predicted molar refractivity (Wildman–Crippen MR) is 66.9 cm³/mol. The Bertz CT molecular complexity index is 472. The van der Waals surface area contributed by atoms with E-state index in [1.165, 1.54) is 13.3 Å². The number of hydrogen-bond acceptors (Lipinski definition) is 5. The molecule has 0 aromatic heterocycles. The zero-order chi connectivity index (χ0) is 13.4. The zero-order valence-electron chi connectivity index (χ0n) is 10.3. The van der Waals surface area contributed by atoms with Gasteiger partial charge in [-0.1, -0.05) is 0 Å². The first-order chi connectivity index (χ1) is 8.71. The van der Waals surface area contributed by atoms with Crippen molar-refractivity contribution in [3.05, 3.63) is 36.0 Å². The Morgan fingerprint density at radius 2 is 2.11 bits per heavy atom. The minimum absolute atomic E-state index is 0.0913. The van der Waals surface area contributed by atoms with Crippen LogP contribution in [0.15, 0.2) is 36.0 Å². The van der Waals surface area contributed by atoms with Crippen LogP contribution in [0.4, 0.5) is 5.69 Å². The van der Waals surface area contributed by atoms with Crippen molar-refractivity contribution in [2.75, 3.05) is 19.0 Å². The van der Waals surface area contributed by atoms with Crippen LogP contribution in [-0.2, 0) is 9.53 Å². The van der Waals surface area contributed by atoms with Crippen LogP contribution in [0.25, 0.3) is 0 Å². The van der Waals surface area contributed by atoms with Gasteiger partial charge in [-0.15, -0.1) is 0 Å². The van der Waals surface area contributed by atoms with Crippen molar-refractivity contribution < 1.29 is 14.3 Å². The number of carbonyl (C=O) groups is 1. The molecule has 0 unspecified atom stereocenters. The fraction of sp³-hybridized carbons (Fsp3) is 0.231. The van der Waals surface area contributed by atoms with Gasteiger partial charge >= 0.3 is 5.97 Å². The van der Waals surface area contributed by atoms with E-state index in [0.29, 0.717) is 6.61 Å². The molecule has 94 valence electrons. The van der Waals surface area contributed by atoms with E-state index in [9.17, 15) is 4.79 Å². The summed E-state index contributed by atoms with van der Waals surface area (Å²) in [5.41, 5.74) is 0.654. The maximum Gasteiger partial charge on any atom is 0.350 e. The van der Waals surface area contributed by atoms with E-state index in [4.69, 9.17) is 10.00 Å². The van der Waals surface area contributed by atoms with Crippen molar-refractivity contribution in [1.29, 1.82) is 5.26 Å². The van der Waals surface area contributed by atoms with Crippen molar-refractivity contribution in [2.45, 2.75) is 6.92 Å². The second kappa shape index (κ2) is 6.97. The average Bonchev–Trinajstić information content (AvgIpc) is 2.41. The number of nitriles is 1. The molecule has 1 rings (SSSR count). The maximum atomic E-state index is 11.1. The van der Waals surface area contributed by atoms with Gasteiger partial charge < -0.3 is 14.8 Å². The molecule has 18 heavy (non-hydrogen) atoms. The Kier molecular flexibility index (Phi) is 5.26. The molecule has 1 N–H and O–H groups in total. The van der Waals surface area contributed by atoms with Crippen LogP contribution in [0.3, 0.4) is 0 Å². The SMILES string of the molecule is CCOc1ccc(NC=C(C#N)C(=O)OC)cc1. The Labute approximate surface area is 106 Å². The van der Waals surface area contributed by atoms with E-state index in [1.54, 1.807) is 30.3 Å². The number of hydrogen-bond donors (Lipinski definition) is 1. The first-order valence-corrected chi connectivity index (χ1v) is 5.39. The van der Waals surface area contributed by atoms with Crippen LogP contribution in [0.2, 0.25) is 0 Å². The number of esters is 1. The number of nitrogens with one attached hydrogen (secondary N) is 1. The highest BCUT2D eigenvalue weighted by Crippen LogP contribution is 2.15. The third-order valence-electron chi connectivity index (χ3n) is 2.07. The van der Waals surface area contributed by atoms with Crippen molar-refractivity contribution in [3.63, 3.8) is 0 Å². The molecule has 1 aromatic rings. The molecule has 0 atom stereocenters. The largest absolute Gasteiger partial charge is 0.494 e. The lowest BCUT2D eigenvalue weighted by Crippen LogP contribution is -2.05. The number of benzene rings is 1. The van der Waals surface area contributed by atoms with Crippen LogP contribution in [0.1, 0.15) is 6.92 Å². The lowest BCUT2D eigenvalue weighted by atomic mass is 10.3. The molecule has 0 amide bonds. The molecule has 0 radical (unpaired) electrons. The van der Waals surface area contributed by atoms with Crippen molar-refractivity contribution in [3.8, 4) is 11.8 Å². The molecule has 0 heterocycles. The van der Waals surface area contributed by atoms with E-state index >= 15 is 0 Å². The molecule has 5 nitrogen and oxygen atoms in total. The molecule has 0 aliphatic heterocycles. The topological polar surface area (TPSA) is 71.3 Å². The standard InChI is InChI=1S/C13H14N2O3/c1-3-18-12-6-4-11(5-7-12)15-9-10(8-14)13(16)17-2/h4-7,9,15H,3H2,1-2H3.